The summed E-state index contributed by atoms with van der Waals surface area (Å²) in [7, 11) is 0. The normalized spacial score (nSPS) is 11.1. The highest BCUT2D eigenvalue weighted by Gasteiger charge is 2.12. The van der Waals surface area contributed by atoms with E-state index in [9.17, 15) is 0 Å². The molecule has 2 heterocycles. The minimum atomic E-state index is 0.189. The summed E-state index contributed by atoms with van der Waals surface area (Å²) in [5.41, 5.74) is 3.57. The number of anilines is 1. The first kappa shape index (κ1) is 17.3. The van der Waals surface area contributed by atoms with Gasteiger partial charge in [0, 0.05) is 29.4 Å². The van der Waals surface area contributed by atoms with Gasteiger partial charge in [-0.05, 0) is 49.2 Å². The molecule has 0 radical (unpaired) electrons. The number of aromatic nitrogens is 4. The highest BCUT2D eigenvalue weighted by atomic mass is 35.5. The third kappa shape index (κ3) is 3.71. The standard InChI is InChI=1S/C20H18ClN5O/c1-13(2)22-15-8-9-16(14-6-4-3-5-7-14)17(12-15)27-19-11-10-18-23-24-20(21)26(18)25-19/h3-13,22H,1-2H3. The van der Waals surface area contributed by atoms with Crippen molar-refractivity contribution in [1.82, 2.24) is 19.8 Å². The van der Waals surface area contributed by atoms with Gasteiger partial charge in [0.15, 0.2) is 5.65 Å². The summed E-state index contributed by atoms with van der Waals surface area (Å²) in [5.74, 6) is 1.10. The summed E-state index contributed by atoms with van der Waals surface area (Å²) >= 11 is 6.02. The number of rotatable bonds is 5. The molecule has 0 amide bonds. The lowest BCUT2D eigenvalue weighted by atomic mass is 10.0. The first-order valence-corrected chi connectivity index (χ1v) is 9.00. The lowest BCUT2D eigenvalue weighted by molar-refractivity contribution is 0.454. The van der Waals surface area contributed by atoms with Gasteiger partial charge in [-0.3, -0.25) is 0 Å². The molecule has 0 aliphatic heterocycles. The van der Waals surface area contributed by atoms with E-state index in [0.29, 0.717) is 23.3 Å². The molecule has 2 aromatic heterocycles. The SMILES string of the molecule is CC(C)Nc1ccc(-c2ccccc2)c(Oc2ccc3nnc(Cl)n3n2)c1. The van der Waals surface area contributed by atoms with Gasteiger partial charge in [-0.15, -0.1) is 15.3 Å². The number of hydrogen-bond donors (Lipinski definition) is 1. The molecule has 27 heavy (non-hydrogen) atoms. The van der Waals surface area contributed by atoms with Crippen molar-refractivity contribution >= 4 is 22.9 Å². The van der Waals surface area contributed by atoms with Gasteiger partial charge < -0.3 is 10.1 Å². The Kier molecular flexibility index (Phi) is 4.64. The number of hydrogen-bond acceptors (Lipinski definition) is 5. The molecule has 4 rings (SSSR count). The molecule has 0 bridgehead atoms. The molecular weight excluding hydrogens is 362 g/mol. The number of halogens is 1. The van der Waals surface area contributed by atoms with Crippen molar-refractivity contribution in [1.29, 1.82) is 0 Å². The van der Waals surface area contributed by atoms with Gasteiger partial charge in [0.1, 0.15) is 5.75 Å². The van der Waals surface area contributed by atoms with E-state index in [-0.39, 0.29) is 5.28 Å². The largest absolute Gasteiger partial charge is 0.437 e. The van der Waals surface area contributed by atoms with Crippen LogP contribution in [0.15, 0.2) is 60.7 Å². The second kappa shape index (κ2) is 7.25. The molecule has 0 unspecified atom stereocenters. The summed E-state index contributed by atoms with van der Waals surface area (Å²) in [6.07, 6.45) is 0. The van der Waals surface area contributed by atoms with Crippen molar-refractivity contribution in [2.75, 3.05) is 5.32 Å². The maximum Gasteiger partial charge on any atom is 0.246 e. The van der Waals surface area contributed by atoms with Crippen molar-refractivity contribution < 1.29 is 4.74 Å². The molecule has 0 aliphatic carbocycles. The third-order valence-electron chi connectivity index (χ3n) is 3.94. The Bertz CT molecular complexity index is 1080. The van der Waals surface area contributed by atoms with Crippen LogP contribution in [0.5, 0.6) is 11.6 Å². The van der Waals surface area contributed by atoms with Crippen LogP contribution >= 0.6 is 11.6 Å². The Hall–Kier alpha value is -3.12. The molecule has 2 aromatic carbocycles. The monoisotopic (exact) mass is 379 g/mol. The summed E-state index contributed by atoms with van der Waals surface area (Å²) < 4.78 is 7.57. The fourth-order valence-corrected chi connectivity index (χ4v) is 2.96. The molecule has 6 nitrogen and oxygen atoms in total. The molecule has 136 valence electrons. The molecule has 0 saturated heterocycles. The Labute approximate surface area is 161 Å². The number of fused-ring (bicyclic) bond motifs is 1. The molecular formula is C20H18ClN5O. The van der Waals surface area contributed by atoms with Crippen molar-refractivity contribution in [2.45, 2.75) is 19.9 Å². The molecule has 4 aromatic rings. The van der Waals surface area contributed by atoms with Crippen LogP contribution in [0.3, 0.4) is 0 Å². The Balaban J connectivity index is 1.76. The molecule has 0 saturated carbocycles. The highest BCUT2D eigenvalue weighted by molar-refractivity contribution is 6.28. The third-order valence-corrected chi connectivity index (χ3v) is 4.17. The first-order valence-electron chi connectivity index (χ1n) is 8.62. The van der Waals surface area contributed by atoms with Crippen LogP contribution in [0, 0.1) is 0 Å². The Morgan fingerprint density at radius 3 is 2.59 bits per heavy atom. The van der Waals surface area contributed by atoms with E-state index in [0.717, 1.165) is 16.8 Å². The smallest absolute Gasteiger partial charge is 0.246 e. The van der Waals surface area contributed by atoms with E-state index in [2.05, 4.69) is 34.5 Å². The molecule has 0 fully saturated rings. The average Bonchev–Trinajstić information content (AvgIpc) is 3.03. The quantitative estimate of drug-likeness (QED) is 0.525. The summed E-state index contributed by atoms with van der Waals surface area (Å²) in [4.78, 5) is 0. The van der Waals surface area contributed by atoms with Crippen LogP contribution < -0.4 is 10.1 Å². The van der Waals surface area contributed by atoms with Crippen molar-refractivity contribution in [2.24, 2.45) is 0 Å². The van der Waals surface area contributed by atoms with Crippen LogP contribution in [0.1, 0.15) is 13.8 Å². The van der Waals surface area contributed by atoms with Crippen LogP contribution in [0.25, 0.3) is 16.8 Å². The summed E-state index contributed by atoms with van der Waals surface area (Å²) in [6, 6.07) is 20.0. The lowest BCUT2D eigenvalue weighted by Gasteiger charge is -2.15. The maximum absolute atomic E-state index is 6.13. The topological polar surface area (TPSA) is 64.3 Å². The number of benzene rings is 2. The van der Waals surface area contributed by atoms with Gasteiger partial charge in [0.05, 0.1) is 0 Å². The lowest BCUT2D eigenvalue weighted by Crippen LogP contribution is -2.09. The van der Waals surface area contributed by atoms with Crippen LogP contribution in [0.2, 0.25) is 5.28 Å². The average molecular weight is 380 g/mol. The molecule has 0 atom stereocenters. The fraction of sp³-hybridized carbons (Fsp3) is 0.150. The fourth-order valence-electron chi connectivity index (χ4n) is 2.80. The predicted octanol–water partition coefficient (Wildman–Crippen LogP) is 5.06. The van der Waals surface area contributed by atoms with Crippen LogP contribution in [-0.2, 0) is 0 Å². The second-order valence-electron chi connectivity index (χ2n) is 6.39. The maximum atomic E-state index is 6.13. The molecule has 0 aliphatic rings. The Morgan fingerprint density at radius 2 is 1.81 bits per heavy atom. The second-order valence-corrected chi connectivity index (χ2v) is 6.73. The zero-order valence-electron chi connectivity index (χ0n) is 14.9. The van der Waals surface area contributed by atoms with E-state index < -0.39 is 0 Å². The summed E-state index contributed by atoms with van der Waals surface area (Å²) in [6.45, 7) is 4.18. The zero-order chi connectivity index (χ0) is 18.8. The van der Waals surface area contributed by atoms with Crippen LogP contribution in [-0.4, -0.2) is 25.9 Å². The predicted molar refractivity (Wildman–Crippen MR) is 107 cm³/mol. The van der Waals surface area contributed by atoms with Gasteiger partial charge in [0.2, 0.25) is 11.2 Å². The van der Waals surface area contributed by atoms with Gasteiger partial charge >= 0.3 is 0 Å². The van der Waals surface area contributed by atoms with Crippen molar-refractivity contribution in [3.8, 4) is 22.8 Å². The number of nitrogens with one attached hydrogen (secondary N) is 1. The van der Waals surface area contributed by atoms with Gasteiger partial charge in [-0.25, -0.2) is 0 Å². The number of ether oxygens (including phenoxy) is 1. The highest BCUT2D eigenvalue weighted by Crippen LogP contribution is 2.35. The summed E-state index contributed by atoms with van der Waals surface area (Å²) in [5, 5.41) is 15.7. The van der Waals surface area contributed by atoms with E-state index in [1.807, 2.05) is 48.5 Å². The first-order chi connectivity index (χ1) is 13.1. The van der Waals surface area contributed by atoms with Crippen LogP contribution in [0.4, 0.5) is 5.69 Å². The van der Waals surface area contributed by atoms with Crippen molar-refractivity contribution in [3.05, 3.63) is 65.9 Å². The van der Waals surface area contributed by atoms with Gasteiger partial charge in [-0.2, -0.15) is 4.52 Å². The molecule has 7 heteroatoms. The minimum Gasteiger partial charge on any atom is -0.437 e. The molecule has 1 N–H and O–H groups in total. The van der Waals surface area contributed by atoms with Gasteiger partial charge in [-0.1, -0.05) is 30.3 Å². The Morgan fingerprint density at radius 1 is 1.00 bits per heavy atom. The number of nitrogens with zero attached hydrogens (tertiary/aromatic N) is 4. The molecule has 0 spiro atoms. The van der Waals surface area contributed by atoms with Gasteiger partial charge in [0.25, 0.3) is 0 Å². The van der Waals surface area contributed by atoms with Crippen molar-refractivity contribution in [3.63, 3.8) is 0 Å². The van der Waals surface area contributed by atoms with E-state index >= 15 is 0 Å². The van der Waals surface area contributed by atoms with E-state index in [1.165, 1.54) is 4.52 Å². The van der Waals surface area contributed by atoms with E-state index in [1.54, 1.807) is 12.1 Å². The minimum absolute atomic E-state index is 0.189. The van der Waals surface area contributed by atoms with E-state index in [4.69, 9.17) is 16.3 Å². The zero-order valence-corrected chi connectivity index (χ0v) is 15.7.